The molecule has 96 valence electrons. The van der Waals surface area contributed by atoms with Gasteiger partial charge in [-0.1, -0.05) is 18.5 Å². The molecule has 6 heteroatoms. The molecule has 0 aliphatic heterocycles. The summed E-state index contributed by atoms with van der Waals surface area (Å²) in [6.07, 6.45) is 5.48. The Morgan fingerprint density at radius 2 is 2.41 bits per heavy atom. The van der Waals surface area contributed by atoms with E-state index >= 15 is 0 Å². The second-order valence-corrected chi connectivity index (χ2v) is 4.83. The highest BCUT2D eigenvalue weighted by atomic mass is 35.5. The van der Waals surface area contributed by atoms with E-state index in [1.54, 1.807) is 6.20 Å². The minimum Gasteiger partial charge on any atom is -0.363 e. The van der Waals surface area contributed by atoms with Crippen LogP contribution in [0.5, 0.6) is 0 Å². The molecule has 1 heterocycles. The maximum Gasteiger partial charge on any atom is 0.166 e. The second kappa shape index (κ2) is 7.50. The van der Waals surface area contributed by atoms with Crippen LogP contribution < -0.4 is 10.6 Å². The number of aromatic nitrogens is 2. The van der Waals surface area contributed by atoms with E-state index in [0.29, 0.717) is 11.1 Å². The van der Waals surface area contributed by atoms with Crippen molar-refractivity contribution in [2.75, 3.05) is 6.54 Å². The topological polar surface area (TPSA) is 41.9 Å². The van der Waals surface area contributed by atoms with Gasteiger partial charge in [-0.05, 0) is 32.0 Å². The molecule has 0 aromatic carbocycles. The van der Waals surface area contributed by atoms with E-state index in [2.05, 4.69) is 29.6 Å². The molecule has 2 N–H and O–H groups in total. The molecule has 0 spiro atoms. The molecule has 0 aliphatic carbocycles. The second-order valence-electron chi connectivity index (χ2n) is 3.98. The van der Waals surface area contributed by atoms with Crippen molar-refractivity contribution in [1.82, 2.24) is 20.4 Å². The zero-order valence-electron chi connectivity index (χ0n) is 10.2. The maximum atomic E-state index is 5.77. The third kappa shape index (κ3) is 5.89. The third-order valence-corrected chi connectivity index (χ3v) is 2.90. The summed E-state index contributed by atoms with van der Waals surface area (Å²) in [5.74, 6) is 0. The van der Waals surface area contributed by atoms with E-state index in [-0.39, 0.29) is 0 Å². The minimum atomic E-state index is 0.417. The first-order valence-electron chi connectivity index (χ1n) is 5.84. The van der Waals surface area contributed by atoms with Crippen LogP contribution in [0.4, 0.5) is 0 Å². The van der Waals surface area contributed by atoms with E-state index in [1.807, 2.05) is 10.9 Å². The zero-order chi connectivity index (χ0) is 12.7. The van der Waals surface area contributed by atoms with Gasteiger partial charge in [0, 0.05) is 25.3 Å². The lowest BCUT2D eigenvalue weighted by Crippen LogP contribution is -2.40. The normalized spacial score (nSPS) is 12.2. The lowest BCUT2D eigenvalue weighted by molar-refractivity contribution is 0.567. The lowest BCUT2D eigenvalue weighted by atomic mass is 10.3. The molecule has 0 amide bonds. The molecule has 0 saturated heterocycles. The highest BCUT2D eigenvalue weighted by molar-refractivity contribution is 7.80. The predicted molar refractivity (Wildman–Crippen MR) is 75.3 cm³/mol. The number of rotatable bonds is 6. The Morgan fingerprint density at radius 1 is 1.65 bits per heavy atom. The number of nitrogens with one attached hydrogen (secondary N) is 2. The molecule has 1 rings (SSSR count). The van der Waals surface area contributed by atoms with Crippen molar-refractivity contribution in [3.8, 4) is 0 Å². The monoisotopic (exact) mass is 274 g/mol. The van der Waals surface area contributed by atoms with Crippen LogP contribution in [0, 0.1) is 0 Å². The van der Waals surface area contributed by atoms with Crippen LogP contribution in [0.15, 0.2) is 12.4 Å². The Balaban J connectivity index is 2.10. The van der Waals surface area contributed by atoms with Gasteiger partial charge in [0.05, 0.1) is 11.2 Å². The Kier molecular flexibility index (Phi) is 6.29. The number of hydrogen-bond donors (Lipinski definition) is 2. The summed E-state index contributed by atoms with van der Waals surface area (Å²) >= 11 is 10.9. The van der Waals surface area contributed by atoms with Gasteiger partial charge < -0.3 is 10.6 Å². The molecular formula is C11H19ClN4S. The molecule has 0 saturated carbocycles. The Labute approximate surface area is 113 Å². The first kappa shape index (κ1) is 14.3. The molecule has 0 fully saturated rings. The van der Waals surface area contributed by atoms with Crippen molar-refractivity contribution in [3.63, 3.8) is 0 Å². The van der Waals surface area contributed by atoms with Crippen LogP contribution in [0.2, 0.25) is 5.02 Å². The van der Waals surface area contributed by atoms with Gasteiger partial charge in [0.2, 0.25) is 0 Å². The van der Waals surface area contributed by atoms with Crippen LogP contribution in [-0.2, 0) is 6.54 Å². The van der Waals surface area contributed by atoms with Gasteiger partial charge in [-0.25, -0.2) is 0 Å². The molecule has 4 nitrogen and oxygen atoms in total. The zero-order valence-corrected chi connectivity index (χ0v) is 11.8. The average molecular weight is 275 g/mol. The van der Waals surface area contributed by atoms with Crippen molar-refractivity contribution < 1.29 is 0 Å². The molecule has 1 aromatic heterocycles. The van der Waals surface area contributed by atoms with E-state index in [9.17, 15) is 0 Å². The van der Waals surface area contributed by atoms with Gasteiger partial charge in [-0.2, -0.15) is 5.10 Å². The Bertz CT molecular complexity index is 353. The van der Waals surface area contributed by atoms with Gasteiger partial charge in [-0.3, -0.25) is 4.68 Å². The first-order valence-corrected chi connectivity index (χ1v) is 6.62. The molecule has 1 unspecified atom stereocenters. The number of aryl methyl sites for hydroxylation is 1. The maximum absolute atomic E-state index is 5.77. The van der Waals surface area contributed by atoms with Gasteiger partial charge in [-0.15, -0.1) is 0 Å². The Hall–Kier alpha value is -0.810. The lowest BCUT2D eigenvalue weighted by Gasteiger charge is -2.15. The highest BCUT2D eigenvalue weighted by Crippen LogP contribution is 2.04. The quantitative estimate of drug-likeness (QED) is 0.616. The summed E-state index contributed by atoms with van der Waals surface area (Å²) in [6, 6.07) is 0.417. The van der Waals surface area contributed by atoms with Gasteiger partial charge in [0.1, 0.15) is 0 Å². The van der Waals surface area contributed by atoms with Crippen molar-refractivity contribution in [2.24, 2.45) is 0 Å². The summed E-state index contributed by atoms with van der Waals surface area (Å²) in [5.41, 5.74) is 0. The largest absolute Gasteiger partial charge is 0.363 e. The van der Waals surface area contributed by atoms with Crippen molar-refractivity contribution in [1.29, 1.82) is 0 Å². The smallest absolute Gasteiger partial charge is 0.166 e. The summed E-state index contributed by atoms with van der Waals surface area (Å²) in [5, 5.41) is 11.9. The standard InChI is InChI=1S/C11H19ClN4S/c1-3-9(2)15-11(17)13-5-4-6-16-8-10(12)7-14-16/h7-9H,3-6H2,1-2H3,(H2,13,15,17). The fraction of sp³-hybridized carbons (Fsp3) is 0.636. The van der Waals surface area contributed by atoms with Gasteiger partial charge >= 0.3 is 0 Å². The van der Waals surface area contributed by atoms with Crippen LogP contribution >= 0.6 is 23.8 Å². The van der Waals surface area contributed by atoms with Crippen molar-refractivity contribution >= 4 is 28.9 Å². The van der Waals surface area contributed by atoms with Crippen LogP contribution in [0.1, 0.15) is 26.7 Å². The number of hydrogen-bond acceptors (Lipinski definition) is 2. The van der Waals surface area contributed by atoms with Crippen molar-refractivity contribution in [2.45, 2.75) is 39.3 Å². The summed E-state index contributed by atoms with van der Waals surface area (Å²) < 4.78 is 1.83. The summed E-state index contributed by atoms with van der Waals surface area (Å²) in [4.78, 5) is 0. The molecule has 0 radical (unpaired) electrons. The number of nitrogens with zero attached hydrogens (tertiary/aromatic N) is 2. The molecular weight excluding hydrogens is 256 g/mol. The van der Waals surface area contributed by atoms with E-state index in [0.717, 1.165) is 31.0 Å². The number of thiocarbonyl (C=S) groups is 1. The Morgan fingerprint density at radius 3 is 3.00 bits per heavy atom. The third-order valence-electron chi connectivity index (χ3n) is 2.44. The van der Waals surface area contributed by atoms with E-state index in [1.165, 1.54) is 0 Å². The number of halogens is 1. The fourth-order valence-electron chi connectivity index (χ4n) is 1.28. The molecule has 1 aromatic rings. The SMILES string of the molecule is CCC(C)NC(=S)NCCCn1cc(Cl)cn1. The van der Waals surface area contributed by atoms with E-state index in [4.69, 9.17) is 23.8 Å². The van der Waals surface area contributed by atoms with Crippen LogP contribution in [0.3, 0.4) is 0 Å². The molecule has 1 atom stereocenters. The molecule has 17 heavy (non-hydrogen) atoms. The highest BCUT2D eigenvalue weighted by Gasteiger charge is 2.00. The summed E-state index contributed by atoms with van der Waals surface area (Å²) in [6.45, 7) is 5.91. The van der Waals surface area contributed by atoms with Crippen LogP contribution in [0.25, 0.3) is 0 Å². The molecule has 0 aliphatic rings. The summed E-state index contributed by atoms with van der Waals surface area (Å²) in [7, 11) is 0. The molecule has 0 bridgehead atoms. The minimum absolute atomic E-state index is 0.417. The van der Waals surface area contributed by atoms with E-state index < -0.39 is 0 Å². The van der Waals surface area contributed by atoms with Crippen molar-refractivity contribution in [3.05, 3.63) is 17.4 Å². The van der Waals surface area contributed by atoms with Crippen LogP contribution in [-0.4, -0.2) is 27.5 Å². The average Bonchev–Trinajstić information content (AvgIpc) is 2.70. The van der Waals surface area contributed by atoms with Gasteiger partial charge in [0.25, 0.3) is 0 Å². The fourth-order valence-corrected chi connectivity index (χ4v) is 1.74. The van der Waals surface area contributed by atoms with Gasteiger partial charge in [0.15, 0.2) is 5.11 Å². The predicted octanol–water partition coefficient (Wildman–Crippen LogP) is 2.19. The first-order chi connectivity index (χ1) is 8.11.